The van der Waals surface area contributed by atoms with Gasteiger partial charge in [0.05, 0.1) is 0 Å². The van der Waals surface area contributed by atoms with E-state index in [1.807, 2.05) is 13.8 Å². The van der Waals surface area contributed by atoms with Crippen molar-refractivity contribution in [3.63, 3.8) is 0 Å². The number of nitrogens with one attached hydrogen (secondary N) is 1. The van der Waals surface area contributed by atoms with Crippen LogP contribution in [0.15, 0.2) is 0 Å². The number of rotatable bonds is 0. The molecule has 1 aliphatic rings. The molecule has 0 amide bonds. The molecule has 0 spiro atoms. The number of Topliss-reactive ketones (excluding diaryl/α,β-unsaturated/α-hetero) is 1. The molecule has 10 heavy (non-hydrogen) atoms. The second-order valence-electron chi connectivity index (χ2n) is 2.86. The van der Waals surface area contributed by atoms with Gasteiger partial charge in [-0.15, -0.1) is 12.4 Å². The maximum Gasteiger partial charge on any atom is 0.141 e. The van der Waals surface area contributed by atoms with E-state index < -0.39 is 0 Å². The molecule has 0 aromatic rings. The highest BCUT2D eigenvalue weighted by Crippen LogP contribution is 2.09. The molecule has 0 aliphatic carbocycles. The minimum Gasteiger partial charge on any atom is -0.315 e. The van der Waals surface area contributed by atoms with E-state index in [9.17, 15) is 4.79 Å². The van der Waals surface area contributed by atoms with Crippen LogP contribution in [-0.4, -0.2) is 18.9 Å². The summed E-state index contributed by atoms with van der Waals surface area (Å²) in [5.74, 6) is 0.872. The lowest BCUT2D eigenvalue weighted by atomic mass is 9.92. The van der Waals surface area contributed by atoms with Crippen molar-refractivity contribution in [3.8, 4) is 0 Å². The van der Waals surface area contributed by atoms with E-state index in [1.165, 1.54) is 0 Å². The minimum absolute atomic E-state index is 0. The highest BCUT2D eigenvalue weighted by Gasteiger charge is 2.23. The molecule has 0 unspecified atom stereocenters. The van der Waals surface area contributed by atoms with Crippen LogP contribution in [0.3, 0.4) is 0 Å². The van der Waals surface area contributed by atoms with Gasteiger partial charge in [-0.2, -0.15) is 0 Å². The molecule has 60 valence electrons. The number of piperidine rings is 1. The first-order chi connectivity index (χ1) is 4.22. The van der Waals surface area contributed by atoms with E-state index in [-0.39, 0.29) is 24.2 Å². The number of ketones is 1. The normalized spacial score (nSPS) is 33.2. The number of halogens is 1. The molecular formula is C7H14ClNO. The van der Waals surface area contributed by atoms with Gasteiger partial charge in [-0.3, -0.25) is 4.79 Å². The van der Waals surface area contributed by atoms with Crippen molar-refractivity contribution in [2.24, 2.45) is 11.8 Å². The molecular weight excluding hydrogens is 150 g/mol. The third-order valence-electron chi connectivity index (χ3n) is 1.87. The average Bonchev–Trinajstić information content (AvgIpc) is 1.83. The largest absolute Gasteiger partial charge is 0.315 e. The molecule has 2 nitrogen and oxygen atoms in total. The van der Waals surface area contributed by atoms with Gasteiger partial charge in [-0.1, -0.05) is 13.8 Å². The Bertz CT molecular complexity index is 115. The molecule has 0 bridgehead atoms. The quantitative estimate of drug-likeness (QED) is 0.574. The van der Waals surface area contributed by atoms with Crippen molar-refractivity contribution >= 4 is 18.2 Å². The predicted octanol–water partition coefficient (Wildman–Crippen LogP) is 0.853. The SMILES string of the molecule is C[C@@H]1CNC[C@H](C)C1=O.Cl. The van der Waals surface area contributed by atoms with Crippen molar-refractivity contribution < 1.29 is 4.79 Å². The first-order valence-electron chi connectivity index (χ1n) is 3.46. The van der Waals surface area contributed by atoms with E-state index in [0.717, 1.165) is 13.1 Å². The summed E-state index contributed by atoms with van der Waals surface area (Å²) in [7, 11) is 0. The average molecular weight is 164 g/mol. The fourth-order valence-electron chi connectivity index (χ4n) is 1.20. The first-order valence-corrected chi connectivity index (χ1v) is 3.46. The van der Waals surface area contributed by atoms with Gasteiger partial charge in [0, 0.05) is 24.9 Å². The summed E-state index contributed by atoms with van der Waals surface area (Å²) in [5.41, 5.74) is 0. The molecule has 0 radical (unpaired) electrons. The third-order valence-corrected chi connectivity index (χ3v) is 1.87. The Hall–Kier alpha value is -0.0800. The van der Waals surface area contributed by atoms with Gasteiger partial charge in [-0.05, 0) is 0 Å². The Morgan fingerprint density at radius 3 is 2.00 bits per heavy atom. The zero-order valence-corrected chi connectivity index (χ0v) is 7.20. The maximum absolute atomic E-state index is 11.1. The molecule has 2 atom stereocenters. The van der Waals surface area contributed by atoms with Crippen molar-refractivity contribution in [2.45, 2.75) is 13.8 Å². The van der Waals surface area contributed by atoms with Crippen LogP contribution >= 0.6 is 12.4 Å². The lowest BCUT2D eigenvalue weighted by Crippen LogP contribution is -2.41. The summed E-state index contributed by atoms with van der Waals surface area (Å²) in [6.07, 6.45) is 0. The van der Waals surface area contributed by atoms with Crippen LogP contribution in [0.4, 0.5) is 0 Å². The van der Waals surface area contributed by atoms with Crippen LogP contribution in [0.5, 0.6) is 0 Å². The summed E-state index contributed by atoms with van der Waals surface area (Å²) >= 11 is 0. The summed E-state index contributed by atoms with van der Waals surface area (Å²) in [5, 5.41) is 3.19. The Morgan fingerprint density at radius 2 is 1.70 bits per heavy atom. The fraction of sp³-hybridized carbons (Fsp3) is 0.857. The number of carbonyl (C=O) groups is 1. The first kappa shape index (κ1) is 9.92. The second-order valence-corrected chi connectivity index (χ2v) is 2.86. The van der Waals surface area contributed by atoms with Crippen molar-refractivity contribution in [2.75, 3.05) is 13.1 Å². The topological polar surface area (TPSA) is 29.1 Å². The van der Waals surface area contributed by atoms with Crippen LogP contribution in [-0.2, 0) is 4.79 Å². The maximum atomic E-state index is 11.1. The monoisotopic (exact) mass is 163 g/mol. The lowest BCUT2D eigenvalue weighted by molar-refractivity contribution is -0.127. The highest BCUT2D eigenvalue weighted by molar-refractivity contribution is 5.85. The lowest BCUT2D eigenvalue weighted by Gasteiger charge is -2.22. The van der Waals surface area contributed by atoms with Crippen LogP contribution in [0.1, 0.15) is 13.8 Å². The number of hydrogen-bond acceptors (Lipinski definition) is 2. The molecule has 0 aromatic heterocycles. The Morgan fingerprint density at radius 1 is 1.30 bits per heavy atom. The van der Waals surface area contributed by atoms with Crippen LogP contribution in [0.25, 0.3) is 0 Å². The molecule has 1 aliphatic heterocycles. The van der Waals surface area contributed by atoms with Crippen molar-refractivity contribution in [3.05, 3.63) is 0 Å². The Labute approximate surface area is 67.8 Å². The number of carbonyl (C=O) groups excluding carboxylic acids is 1. The van der Waals surface area contributed by atoms with Gasteiger partial charge in [0.1, 0.15) is 5.78 Å². The van der Waals surface area contributed by atoms with Gasteiger partial charge < -0.3 is 5.32 Å². The van der Waals surface area contributed by atoms with E-state index >= 15 is 0 Å². The van der Waals surface area contributed by atoms with E-state index in [2.05, 4.69) is 5.32 Å². The minimum atomic E-state index is 0. The Balaban J connectivity index is 0.000000810. The predicted molar refractivity (Wildman–Crippen MR) is 43.5 cm³/mol. The van der Waals surface area contributed by atoms with Crippen molar-refractivity contribution in [1.29, 1.82) is 0 Å². The van der Waals surface area contributed by atoms with Gasteiger partial charge in [-0.25, -0.2) is 0 Å². The van der Waals surface area contributed by atoms with Gasteiger partial charge in [0.15, 0.2) is 0 Å². The molecule has 1 heterocycles. The Kier molecular flexibility index (Phi) is 3.91. The summed E-state index contributed by atoms with van der Waals surface area (Å²) < 4.78 is 0. The van der Waals surface area contributed by atoms with Crippen LogP contribution in [0, 0.1) is 11.8 Å². The van der Waals surface area contributed by atoms with Gasteiger partial charge in [0.2, 0.25) is 0 Å². The molecule has 0 saturated carbocycles. The molecule has 1 saturated heterocycles. The highest BCUT2D eigenvalue weighted by atomic mass is 35.5. The van der Waals surface area contributed by atoms with Gasteiger partial charge in [0.25, 0.3) is 0 Å². The molecule has 1 fully saturated rings. The standard InChI is InChI=1S/C7H13NO.ClH/c1-5-3-8-4-6(2)7(5)9;/h5-6,8H,3-4H2,1-2H3;1H/t5-,6+;. The molecule has 0 aromatic carbocycles. The fourth-order valence-corrected chi connectivity index (χ4v) is 1.20. The van der Waals surface area contributed by atoms with E-state index in [4.69, 9.17) is 0 Å². The third kappa shape index (κ3) is 1.96. The zero-order valence-electron chi connectivity index (χ0n) is 6.39. The van der Waals surface area contributed by atoms with E-state index in [0.29, 0.717) is 5.78 Å². The summed E-state index contributed by atoms with van der Waals surface area (Å²) in [4.78, 5) is 11.1. The molecule has 3 heteroatoms. The van der Waals surface area contributed by atoms with Crippen LogP contribution < -0.4 is 5.32 Å². The summed E-state index contributed by atoms with van der Waals surface area (Å²) in [6, 6.07) is 0. The van der Waals surface area contributed by atoms with E-state index in [1.54, 1.807) is 0 Å². The molecule has 1 N–H and O–H groups in total. The smallest absolute Gasteiger partial charge is 0.141 e. The van der Waals surface area contributed by atoms with Crippen LogP contribution in [0.2, 0.25) is 0 Å². The summed E-state index contributed by atoms with van der Waals surface area (Å²) in [6.45, 7) is 5.68. The number of hydrogen-bond donors (Lipinski definition) is 1. The van der Waals surface area contributed by atoms with Crippen molar-refractivity contribution in [1.82, 2.24) is 5.32 Å². The van der Waals surface area contributed by atoms with Gasteiger partial charge >= 0.3 is 0 Å². The second kappa shape index (κ2) is 3.94. The zero-order chi connectivity index (χ0) is 6.85. The molecule has 1 rings (SSSR count).